The van der Waals surface area contributed by atoms with Gasteiger partial charge in [0.15, 0.2) is 9.84 Å². The molecule has 1 amide bonds. The van der Waals surface area contributed by atoms with Crippen LogP contribution < -0.4 is 14.4 Å². The molecular weight excluding hydrogens is 416 g/mol. The van der Waals surface area contributed by atoms with Gasteiger partial charge < -0.3 is 10.1 Å². The Balaban J connectivity index is 2.13. The molecule has 1 heterocycles. The molecule has 3 rings (SSSR count). The lowest BCUT2D eigenvalue weighted by Crippen LogP contribution is -2.41. The number of carbonyl (C=O) groups excluding carboxylic acids is 1. The summed E-state index contributed by atoms with van der Waals surface area (Å²) < 4.78 is 57.1. The van der Waals surface area contributed by atoms with Crippen LogP contribution in [0.1, 0.15) is 6.92 Å². The minimum Gasteiger partial charge on any atom is -0.495 e. The normalized spacial score (nSPS) is 17.7. The number of benzene rings is 2. The zero-order valence-electron chi connectivity index (χ0n) is 15.8. The molecule has 8 nitrogen and oxygen atoms in total. The van der Waals surface area contributed by atoms with E-state index in [-0.39, 0.29) is 22.2 Å². The van der Waals surface area contributed by atoms with E-state index in [2.05, 4.69) is 5.32 Å². The van der Waals surface area contributed by atoms with E-state index in [9.17, 15) is 21.6 Å². The quantitative estimate of drug-likeness (QED) is 0.743. The number of rotatable bonds is 6. The number of carbonyl (C=O) groups is 1. The van der Waals surface area contributed by atoms with E-state index in [4.69, 9.17) is 4.74 Å². The molecule has 0 bridgehead atoms. The Labute approximate surface area is 169 Å². The van der Waals surface area contributed by atoms with Crippen LogP contribution in [0.15, 0.2) is 64.9 Å². The van der Waals surface area contributed by atoms with Crippen LogP contribution in [0.4, 0.5) is 11.4 Å². The number of nitrogens with one attached hydrogen (secondary N) is 1. The fourth-order valence-corrected chi connectivity index (χ4v) is 6.03. The van der Waals surface area contributed by atoms with Crippen LogP contribution >= 0.6 is 0 Å². The lowest BCUT2D eigenvalue weighted by molar-refractivity contribution is -0.114. The molecule has 0 aromatic heterocycles. The predicted octanol–water partition coefficient (Wildman–Crippen LogP) is 2.16. The number of para-hydroxylation sites is 1. The van der Waals surface area contributed by atoms with Gasteiger partial charge in [0.05, 0.1) is 35.2 Å². The Kier molecular flexibility index (Phi) is 5.67. The summed E-state index contributed by atoms with van der Waals surface area (Å²) in [7, 11) is -6.25. The van der Waals surface area contributed by atoms with Crippen molar-refractivity contribution < 1.29 is 26.4 Å². The van der Waals surface area contributed by atoms with Gasteiger partial charge in [-0.3, -0.25) is 9.10 Å². The molecule has 1 aliphatic heterocycles. The molecule has 2 aromatic carbocycles. The van der Waals surface area contributed by atoms with Crippen LogP contribution in [-0.4, -0.2) is 41.6 Å². The molecule has 2 aromatic rings. The second kappa shape index (κ2) is 7.88. The highest BCUT2D eigenvalue weighted by molar-refractivity contribution is 7.95. The standard InChI is InChI=1S/C19H20N2O6S2/c1-14(22)20-18-12-17(8-9-19(18)27-2)29(25,26)21(15-6-4-3-5-7-15)16-10-11-28(23,24)13-16/h3-12,16H,13H2,1-2H3,(H,20,22)/t16-/m0/s1. The van der Waals surface area contributed by atoms with Gasteiger partial charge in [-0.25, -0.2) is 16.8 Å². The first-order valence-electron chi connectivity index (χ1n) is 8.60. The van der Waals surface area contributed by atoms with Crippen LogP contribution in [-0.2, 0) is 24.7 Å². The summed E-state index contributed by atoms with van der Waals surface area (Å²) in [5.41, 5.74) is 0.528. The van der Waals surface area contributed by atoms with E-state index in [0.29, 0.717) is 11.4 Å². The number of methoxy groups -OCH3 is 1. The van der Waals surface area contributed by atoms with Crippen molar-refractivity contribution in [1.29, 1.82) is 0 Å². The highest BCUT2D eigenvalue weighted by atomic mass is 32.2. The summed E-state index contributed by atoms with van der Waals surface area (Å²) in [6, 6.07) is 11.4. The summed E-state index contributed by atoms with van der Waals surface area (Å²) >= 11 is 0. The SMILES string of the molecule is COc1ccc(S(=O)(=O)N(c2ccccc2)[C@H]2C=CS(=O)(=O)C2)cc1NC(C)=O. The van der Waals surface area contributed by atoms with Gasteiger partial charge in [0, 0.05) is 12.3 Å². The van der Waals surface area contributed by atoms with Crippen LogP contribution in [0.5, 0.6) is 5.75 Å². The minimum absolute atomic E-state index is 0.108. The summed E-state index contributed by atoms with van der Waals surface area (Å²) in [6.45, 7) is 1.30. The second-order valence-corrected chi connectivity index (χ2v) is 10.2. The number of ether oxygens (including phenoxy) is 1. The maximum absolute atomic E-state index is 13.5. The molecule has 0 spiro atoms. The average molecular weight is 437 g/mol. The lowest BCUT2D eigenvalue weighted by Gasteiger charge is -2.29. The van der Waals surface area contributed by atoms with Crippen molar-refractivity contribution in [3.05, 3.63) is 60.0 Å². The van der Waals surface area contributed by atoms with Crippen molar-refractivity contribution in [2.45, 2.75) is 17.9 Å². The fraction of sp³-hybridized carbons (Fsp3) is 0.211. The number of hydrogen-bond donors (Lipinski definition) is 1. The number of amides is 1. The molecule has 10 heteroatoms. The van der Waals surface area contributed by atoms with E-state index in [1.807, 2.05) is 0 Å². The van der Waals surface area contributed by atoms with Gasteiger partial charge >= 0.3 is 0 Å². The third-order valence-corrected chi connectivity index (χ3v) is 7.49. The molecule has 1 N–H and O–H groups in total. The maximum Gasteiger partial charge on any atom is 0.264 e. The van der Waals surface area contributed by atoms with E-state index in [1.165, 1.54) is 38.3 Å². The molecule has 1 atom stereocenters. The Bertz CT molecular complexity index is 1160. The third kappa shape index (κ3) is 4.43. The van der Waals surface area contributed by atoms with Crippen molar-refractivity contribution in [2.75, 3.05) is 22.5 Å². The Morgan fingerprint density at radius 3 is 2.41 bits per heavy atom. The van der Waals surface area contributed by atoms with Gasteiger partial charge in [0.25, 0.3) is 10.0 Å². The average Bonchev–Trinajstić information content (AvgIpc) is 3.01. The van der Waals surface area contributed by atoms with Gasteiger partial charge in [0.1, 0.15) is 5.75 Å². The first-order valence-corrected chi connectivity index (χ1v) is 11.8. The summed E-state index contributed by atoms with van der Waals surface area (Å²) in [4.78, 5) is 11.4. The zero-order chi connectivity index (χ0) is 21.2. The Morgan fingerprint density at radius 1 is 1.17 bits per heavy atom. The summed E-state index contributed by atoms with van der Waals surface area (Å²) in [6.07, 6.45) is 1.36. The Hall–Kier alpha value is -2.85. The summed E-state index contributed by atoms with van der Waals surface area (Å²) in [5, 5.41) is 3.57. The first-order chi connectivity index (χ1) is 13.6. The van der Waals surface area contributed by atoms with E-state index in [0.717, 1.165) is 9.71 Å². The topological polar surface area (TPSA) is 110 Å². The number of anilines is 2. The van der Waals surface area contributed by atoms with Crippen LogP contribution in [0.25, 0.3) is 0 Å². The van der Waals surface area contributed by atoms with Gasteiger partial charge in [-0.2, -0.15) is 0 Å². The van der Waals surface area contributed by atoms with Crippen molar-refractivity contribution in [1.82, 2.24) is 0 Å². The number of sulfonamides is 1. The third-order valence-electron chi connectivity index (χ3n) is 4.26. The molecule has 0 aliphatic carbocycles. The van der Waals surface area contributed by atoms with Crippen LogP contribution in [0.2, 0.25) is 0 Å². The van der Waals surface area contributed by atoms with Crippen molar-refractivity contribution in [3.8, 4) is 5.75 Å². The van der Waals surface area contributed by atoms with Gasteiger partial charge in [0.2, 0.25) is 5.91 Å². The molecule has 154 valence electrons. The second-order valence-electron chi connectivity index (χ2n) is 6.41. The molecule has 0 saturated carbocycles. The van der Waals surface area contributed by atoms with E-state index >= 15 is 0 Å². The highest BCUT2D eigenvalue weighted by Gasteiger charge is 2.36. The largest absolute Gasteiger partial charge is 0.495 e. The Morgan fingerprint density at radius 2 is 1.86 bits per heavy atom. The fourth-order valence-electron chi connectivity index (χ4n) is 3.04. The number of hydrogen-bond acceptors (Lipinski definition) is 6. The van der Waals surface area contributed by atoms with Gasteiger partial charge in [-0.1, -0.05) is 18.2 Å². The van der Waals surface area contributed by atoms with Crippen molar-refractivity contribution in [3.63, 3.8) is 0 Å². The van der Waals surface area contributed by atoms with Gasteiger partial charge in [-0.05, 0) is 36.4 Å². The molecule has 1 aliphatic rings. The summed E-state index contributed by atoms with van der Waals surface area (Å²) in [5.74, 6) is -0.438. The molecule has 0 unspecified atom stereocenters. The molecule has 0 fully saturated rings. The van der Waals surface area contributed by atoms with Gasteiger partial charge in [-0.15, -0.1) is 0 Å². The predicted molar refractivity (Wildman–Crippen MR) is 110 cm³/mol. The molecule has 29 heavy (non-hydrogen) atoms. The molecular formula is C19H20N2O6S2. The van der Waals surface area contributed by atoms with Crippen molar-refractivity contribution >= 4 is 37.1 Å². The number of nitrogens with zero attached hydrogens (tertiary/aromatic N) is 1. The zero-order valence-corrected chi connectivity index (χ0v) is 17.4. The van der Waals surface area contributed by atoms with Crippen molar-refractivity contribution in [2.24, 2.45) is 0 Å². The smallest absolute Gasteiger partial charge is 0.264 e. The molecule has 0 saturated heterocycles. The highest BCUT2D eigenvalue weighted by Crippen LogP contribution is 2.33. The first kappa shape index (κ1) is 20.9. The number of sulfone groups is 1. The monoisotopic (exact) mass is 436 g/mol. The van der Waals surface area contributed by atoms with E-state index < -0.39 is 25.9 Å². The minimum atomic E-state index is -4.16. The van der Waals surface area contributed by atoms with E-state index in [1.54, 1.807) is 30.3 Å². The maximum atomic E-state index is 13.5. The molecule has 0 radical (unpaired) electrons. The van der Waals surface area contributed by atoms with Crippen LogP contribution in [0.3, 0.4) is 0 Å². The van der Waals surface area contributed by atoms with Crippen LogP contribution in [0, 0.1) is 0 Å². The lowest BCUT2D eigenvalue weighted by atomic mass is 10.2.